The van der Waals surface area contributed by atoms with Gasteiger partial charge in [-0.05, 0) is 48.9 Å². The van der Waals surface area contributed by atoms with E-state index >= 15 is 0 Å². The number of hydrogen-bond donors (Lipinski definition) is 2. The molecule has 0 aliphatic heterocycles. The van der Waals surface area contributed by atoms with Crippen LogP contribution in [0.1, 0.15) is 15.9 Å². The number of carbonyl (C=O) groups is 2. The zero-order valence-electron chi connectivity index (χ0n) is 12.2. The van der Waals surface area contributed by atoms with E-state index in [0.29, 0.717) is 16.3 Å². The first-order chi connectivity index (χ1) is 11.0. The minimum absolute atomic E-state index is 0.260. The molecule has 5 nitrogen and oxygen atoms in total. The number of rotatable bonds is 4. The van der Waals surface area contributed by atoms with Crippen LogP contribution >= 0.6 is 27.5 Å². The molecule has 0 heterocycles. The maximum Gasteiger partial charge on any atom is 0.276 e. The van der Waals surface area contributed by atoms with Gasteiger partial charge in [0, 0.05) is 10.0 Å². The van der Waals surface area contributed by atoms with Crippen molar-refractivity contribution in [2.45, 2.75) is 6.92 Å². The van der Waals surface area contributed by atoms with Crippen LogP contribution in [0.3, 0.4) is 0 Å². The number of ether oxygens (including phenoxy) is 1. The molecular formula is C16H14BrClN2O3. The van der Waals surface area contributed by atoms with Crippen LogP contribution in [-0.2, 0) is 4.79 Å². The SMILES string of the molecule is Cc1ccc(Cl)c(OCC(=O)NNC(=O)c2ccc(Br)cc2)c1. The van der Waals surface area contributed by atoms with Gasteiger partial charge in [-0.3, -0.25) is 20.4 Å². The maximum absolute atomic E-state index is 11.8. The predicted octanol–water partition coefficient (Wildman–Crippen LogP) is 3.25. The summed E-state index contributed by atoms with van der Waals surface area (Å²) in [5, 5.41) is 0.419. The highest BCUT2D eigenvalue weighted by atomic mass is 79.9. The molecule has 2 aromatic carbocycles. The second-order valence-corrected chi connectivity index (χ2v) is 6.05. The van der Waals surface area contributed by atoms with E-state index < -0.39 is 11.8 Å². The Morgan fingerprint density at radius 2 is 1.83 bits per heavy atom. The molecule has 7 heteroatoms. The van der Waals surface area contributed by atoms with E-state index in [1.807, 2.05) is 13.0 Å². The molecule has 0 fully saturated rings. The average molecular weight is 398 g/mol. The minimum atomic E-state index is -0.493. The third-order valence-corrected chi connectivity index (χ3v) is 3.71. The van der Waals surface area contributed by atoms with Crippen molar-refractivity contribution in [1.82, 2.24) is 10.9 Å². The van der Waals surface area contributed by atoms with Gasteiger partial charge >= 0.3 is 0 Å². The topological polar surface area (TPSA) is 67.4 Å². The highest BCUT2D eigenvalue weighted by molar-refractivity contribution is 9.10. The molecule has 0 atom stereocenters. The highest BCUT2D eigenvalue weighted by Gasteiger charge is 2.09. The first-order valence-corrected chi connectivity index (χ1v) is 7.86. The van der Waals surface area contributed by atoms with E-state index in [1.165, 1.54) is 0 Å². The number of nitrogens with one attached hydrogen (secondary N) is 2. The quantitative estimate of drug-likeness (QED) is 0.778. The van der Waals surface area contributed by atoms with Crippen molar-refractivity contribution in [3.05, 3.63) is 63.1 Å². The largest absolute Gasteiger partial charge is 0.482 e. The summed E-state index contributed by atoms with van der Waals surface area (Å²) in [6, 6.07) is 12.0. The van der Waals surface area contributed by atoms with E-state index in [9.17, 15) is 9.59 Å². The van der Waals surface area contributed by atoms with E-state index in [1.54, 1.807) is 36.4 Å². The molecule has 0 spiro atoms. The Morgan fingerprint density at radius 3 is 2.52 bits per heavy atom. The molecule has 0 aromatic heterocycles. The summed E-state index contributed by atoms with van der Waals surface area (Å²) >= 11 is 9.25. The van der Waals surface area contributed by atoms with Crippen LogP contribution in [0, 0.1) is 6.92 Å². The fourth-order valence-electron chi connectivity index (χ4n) is 1.70. The van der Waals surface area contributed by atoms with Crippen molar-refractivity contribution in [3.63, 3.8) is 0 Å². The van der Waals surface area contributed by atoms with Crippen molar-refractivity contribution in [1.29, 1.82) is 0 Å². The van der Waals surface area contributed by atoms with Gasteiger partial charge in [-0.2, -0.15) is 0 Å². The van der Waals surface area contributed by atoms with Gasteiger partial charge in [0.25, 0.3) is 11.8 Å². The van der Waals surface area contributed by atoms with E-state index in [-0.39, 0.29) is 6.61 Å². The Morgan fingerprint density at radius 1 is 1.13 bits per heavy atom. The molecule has 2 aromatic rings. The minimum Gasteiger partial charge on any atom is -0.482 e. The second kappa shape index (κ2) is 7.99. The summed E-state index contributed by atoms with van der Waals surface area (Å²) in [7, 11) is 0. The van der Waals surface area contributed by atoms with Gasteiger partial charge < -0.3 is 4.74 Å². The predicted molar refractivity (Wildman–Crippen MR) is 91.4 cm³/mol. The third-order valence-electron chi connectivity index (χ3n) is 2.87. The average Bonchev–Trinajstić information content (AvgIpc) is 2.54. The molecular weight excluding hydrogens is 384 g/mol. The molecule has 2 N–H and O–H groups in total. The molecule has 120 valence electrons. The maximum atomic E-state index is 11.8. The first kappa shape index (κ1) is 17.3. The van der Waals surface area contributed by atoms with Crippen LogP contribution in [0.15, 0.2) is 46.9 Å². The Bertz CT molecular complexity index is 720. The van der Waals surface area contributed by atoms with Crippen LogP contribution in [-0.4, -0.2) is 18.4 Å². The van der Waals surface area contributed by atoms with Gasteiger partial charge in [-0.25, -0.2) is 0 Å². The molecule has 0 saturated heterocycles. The van der Waals surface area contributed by atoms with Gasteiger partial charge in [0.2, 0.25) is 0 Å². The number of hydrogen-bond acceptors (Lipinski definition) is 3. The van der Waals surface area contributed by atoms with E-state index in [2.05, 4.69) is 26.8 Å². The van der Waals surface area contributed by atoms with Gasteiger partial charge in [-0.1, -0.05) is 33.6 Å². The number of amides is 2. The van der Waals surface area contributed by atoms with Crippen LogP contribution in [0.4, 0.5) is 0 Å². The number of halogens is 2. The van der Waals surface area contributed by atoms with E-state index in [4.69, 9.17) is 16.3 Å². The monoisotopic (exact) mass is 396 g/mol. The van der Waals surface area contributed by atoms with Gasteiger partial charge in [0.1, 0.15) is 5.75 Å². The Kier molecular flexibility index (Phi) is 6.01. The number of aryl methyl sites for hydroxylation is 1. The number of carbonyl (C=O) groups excluding carboxylic acids is 2. The summed E-state index contributed by atoms with van der Waals surface area (Å²) in [6.07, 6.45) is 0. The van der Waals surface area contributed by atoms with Gasteiger partial charge in [0.05, 0.1) is 5.02 Å². The first-order valence-electron chi connectivity index (χ1n) is 6.69. The summed E-state index contributed by atoms with van der Waals surface area (Å²) < 4.78 is 6.19. The summed E-state index contributed by atoms with van der Waals surface area (Å²) in [5.41, 5.74) is 5.99. The molecule has 0 unspecified atom stereocenters. The summed E-state index contributed by atoms with van der Waals surface area (Å²) in [4.78, 5) is 23.5. The molecule has 23 heavy (non-hydrogen) atoms. The Balaban J connectivity index is 1.82. The molecule has 2 rings (SSSR count). The zero-order valence-corrected chi connectivity index (χ0v) is 14.6. The fraction of sp³-hybridized carbons (Fsp3) is 0.125. The highest BCUT2D eigenvalue weighted by Crippen LogP contribution is 2.24. The van der Waals surface area contributed by atoms with Crippen molar-refractivity contribution in [3.8, 4) is 5.75 Å². The Labute approximate surface area is 147 Å². The van der Waals surface area contributed by atoms with E-state index in [0.717, 1.165) is 10.0 Å². The summed E-state index contributed by atoms with van der Waals surface area (Å²) in [5.74, 6) is -0.492. The fourth-order valence-corrected chi connectivity index (χ4v) is 2.14. The molecule has 0 saturated carbocycles. The van der Waals surface area contributed by atoms with Crippen molar-refractivity contribution in [2.75, 3.05) is 6.61 Å². The second-order valence-electron chi connectivity index (χ2n) is 4.73. The smallest absolute Gasteiger partial charge is 0.276 e. The lowest BCUT2D eigenvalue weighted by molar-refractivity contribution is -0.123. The lowest BCUT2D eigenvalue weighted by Crippen LogP contribution is -2.43. The molecule has 0 aliphatic carbocycles. The van der Waals surface area contributed by atoms with Crippen LogP contribution in [0.5, 0.6) is 5.75 Å². The zero-order chi connectivity index (χ0) is 16.8. The molecule has 2 amide bonds. The summed E-state index contributed by atoms with van der Waals surface area (Å²) in [6.45, 7) is 1.63. The molecule has 0 aliphatic rings. The number of benzene rings is 2. The van der Waals surface area contributed by atoms with Crippen molar-refractivity contribution >= 4 is 39.3 Å². The van der Waals surface area contributed by atoms with Crippen LogP contribution in [0.25, 0.3) is 0 Å². The van der Waals surface area contributed by atoms with Crippen LogP contribution in [0.2, 0.25) is 5.02 Å². The standard InChI is InChI=1S/C16H14BrClN2O3/c1-10-2-7-13(18)14(8-10)23-9-15(21)19-20-16(22)11-3-5-12(17)6-4-11/h2-8H,9H2,1H3,(H,19,21)(H,20,22). The van der Waals surface area contributed by atoms with Crippen LogP contribution < -0.4 is 15.6 Å². The van der Waals surface area contributed by atoms with Gasteiger partial charge in [-0.15, -0.1) is 0 Å². The lowest BCUT2D eigenvalue weighted by atomic mass is 10.2. The van der Waals surface area contributed by atoms with Crippen molar-refractivity contribution < 1.29 is 14.3 Å². The van der Waals surface area contributed by atoms with Crippen molar-refractivity contribution in [2.24, 2.45) is 0 Å². The normalized spacial score (nSPS) is 10.0. The number of hydrazine groups is 1. The Hall–Kier alpha value is -2.05. The third kappa shape index (κ3) is 5.26. The lowest BCUT2D eigenvalue weighted by Gasteiger charge is -2.10. The van der Waals surface area contributed by atoms with Gasteiger partial charge in [0.15, 0.2) is 6.61 Å². The molecule has 0 radical (unpaired) electrons. The molecule has 0 bridgehead atoms.